The Bertz CT molecular complexity index is 187. The molecular formula is C5H7IN2S. The van der Waals surface area contributed by atoms with Crippen LogP contribution >= 0.6 is 33.9 Å². The molecule has 0 aromatic carbocycles. The number of nitrogens with two attached hydrogens (primary N) is 1. The summed E-state index contributed by atoms with van der Waals surface area (Å²) in [7, 11) is 0. The van der Waals surface area contributed by atoms with Gasteiger partial charge in [0, 0.05) is 6.42 Å². The molecule has 9 heavy (non-hydrogen) atoms. The molecular weight excluding hydrogens is 247 g/mol. The third kappa shape index (κ3) is 1.87. The Morgan fingerprint density at radius 1 is 1.78 bits per heavy atom. The van der Waals surface area contributed by atoms with E-state index in [1.54, 1.807) is 11.3 Å². The van der Waals surface area contributed by atoms with E-state index in [-0.39, 0.29) is 0 Å². The number of aromatic nitrogens is 1. The first-order valence-corrected chi connectivity index (χ1v) is 4.58. The molecule has 0 spiro atoms. The second-order valence-electron chi connectivity index (χ2n) is 1.61. The largest absolute Gasteiger partial charge is 0.330 e. The summed E-state index contributed by atoms with van der Waals surface area (Å²) in [4.78, 5) is 4.14. The lowest BCUT2D eigenvalue weighted by atomic mass is 10.3. The van der Waals surface area contributed by atoms with Crippen LogP contribution in [0.2, 0.25) is 0 Å². The standard InChI is InChI=1S/C5H7IN2S/c6-5-4(1-2-7)8-3-9-5/h3H,1-2,7H2. The van der Waals surface area contributed by atoms with E-state index in [1.807, 2.05) is 5.51 Å². The molecule has 0 aliphatic rings. The van der Waals surface area contributed by atoms with Crippen LogP contribution in [0.5, 0.6) is 0 Å². The fraction of sp³-hybridized carbons (Fsp3) is 0.400. The second-order valence-corrected chi connectivity index (χ2v) is 4.28. The summed E-state index contributed by atoms with van der Waals surface area (Å²) < 4.78 is 1.26. The van der Waals surface area contributed by atoms with Crippen LogP contribution in [0.4, 0.5) is 0 Å². The highest BCUT2D eigenvalue weighted by Crippen LogP contribution is 2.15. The quantitative estimate of drug-likeness (QED) is 0.806. The Labute approximate surface area is 71.6 Å². The lowest BCUT2D eigenvalue weighted by Crippen LogP contribution is -2.03. The molecule has 0 unspecified atom stereocenters. The summed E-state index contributed by atoms with van der Waals surface area (Å²) in [5.74, 6) is 0. The molecule has 0 fully saturated rings. The van der Waals surface area contributed by atoms with Crippen molar-refractivity contribution < 1.29 is 0 Å². The van der Waals surface area contributed by atoms with Crippen LogP contribution < -0.4 is 5.73 Å². The molecule has 0 bridgehead atoms. The molecule has 0 amide bonds. The minimum atomic E-state index is 0.694. The average Bonchev–Trinajstić information content (AvgIpc) is 2.18. The van der Waals surface area contributed by atoms with Gasteiger partial charge in [-0.25, -0.2) is 4.98 Å². The number of hydrogen-bond acceptors (Lipinski definition) is 3. The van der Waals surface area contributed by atoms with Crippen molar-refractivity contribution in [2.45, 2.75) is 6.42 Å². The van der Waals surface area contributed by atoms with Gasteiger partial charge in [-0.3, -0.25) is 0 Å². The monoisotopic (exact) mass is 254 g/mol. The van der Waals surface area contributed by atoms with E-state index >= 15 is 0 Å². The third-order valence-corrected chi connectivity index (χ3v) is 3.01. The van der Waals surface area contributed by atoms with E-state index in [1.165, 1.54) is 2.88 Å². The number of rotatable bonds is 2. The summed E-state index contributed by atoms with van der Waals surface area (Å²) in [5, 5.41) is 0. The van der Waals surface area contributed by atoms with E-state index in [9.17, 15) is 0 Å². The molecule has 50 valence electrons. The van der Waals surface area contributed by atoms with Crippen LogP contribution in [0, 0.1) is 2.88 Å². The Kier molecular flexibility index (Phi) is 2.87. The van der Waals surface area contributed by atoms with E-state index < -0.39 is 0 Å². The fourth-order valence-electron chi connectivity index (χ4n) is 0.555. The zero-order valence-corrected chi connectivity index (χ0v) is 7.78. The predicted octanol–water partition coefficient (Wildman–Crippen LogP) is 1.25. The smallest absolute Gasteiger partial charge is 0.0884 e. The van der Waals surface area contributed by atoms with Crippen molar-refractivity contribution in [3.8, 4) is 0 Å². The summed E-state index contributed by atoms with van der Waals surface area (Å²) >= 11 is 3.94. The van der Waals surface area contributed by atoms with Crippen LogP contribution in [0.15, 0.2) is 5.51 Å². The topological polar surface area (TPSA) is 38.9 Å². The van der Waals surface area contributed by atoms with E-state index in [2.05, 4.69) is 27.6 Å². The highest BCUT2D eigenvalue weighted by atomic mass is 127. The van der Waals surface area contributed by atoms with Crippen LogP contribution in [0.3, 0.4) is 0 Å². The second kappa shape index (κ2) is 3.48. The van der Waals surface area contributed by atoms with Crippen molar-refractivity contribution in [2.75, 3.05) is 6.54 Å². The van der Waals surface area contributed by atoms with Gasteiger partial charge in [-0.05, 0) is 29.1 Å². The minimum Gasteiger partial charge on any atom is -0.330 e. The van der Waals surface area contributed by atoms with Crippen molar-refractivity contribution in [1.82, 2.24) is 4.98 Å². The molecule has 0 radical (unpaired) electrons. The fourth-order valence-corrected chi connectivity index (χ4v) is 1.87. The van der Waals surface area contributed by atoms with Gasteiger partial charge in [0.15, 0.2) is 0 Å². The molecule has 1 heterocycles. The summed E-state index contributed by atoms with van der Waals surface area (Å²) in [6.45, 7) is 0.694. The number of thiazole rings is 1. The third-order valence-electron chi connectivity index (χ3n) is 0.973. The normalized spacial score (nSPS) is 10.0. The first kappa shape index (κ1) is 7.43. The molecule has 0 aliphatic carbocycles. The lowest BCUT2D eigenvalue weighted by Gasteiger charge is -1.89. The van der Waals surface area contributed by atoms with Gasteiger partial charge in [0.25, 0.3) is 0 Å². The first-order chi connectivity index (χ1) is 4.34. The van der Waals surface area contributed by atoms with Gasteiger partial charge in [0.2, 0.25) is 0 Å². The maximum Gasteiger partial charge on any atom is 0.0884 e. The summed E-state index contributed by atoms with van der Waals surface area (Å²) in [6.07, 6.45) is 0.905. The van der Waals surface area contributed by atoms with Crippen molar-refractivity contribution in [3.05, 3.63) is 14.1 Å². The van der Waals surface area contributed by atoms with Crippen LogP contribution in [-0.2, 0) is 6.42 Å². The average molecular weight is 254 g/mol. The maximum atomic E-state index is 5.35. The predicted molar refractivity (Wildman–Crippen MR) is 47.6 cm³/mol. The molecule has 4 heteroatoms. The van der Waals surface area contributed by atoms with Gasteiger partial charge >= 0.3 is 0 Å². The van der Waals surface area contributed by atoms with Crippen LogP contribution in [-0.4, -0.2) is 11.5 Å². The maximum absolute atomic E-state index is 5.35. The van der Waals surface area contributed by atoms with Crippen LogP contribution in [0.1, 0.15) is 5.69 Å². The van der Waals surface area contributed by atoms with Crippen molar-refractivity contribution in [1.29, 1.82) is 0 Å². The van der Waals surface area contributed by atoms with Crippen molar-refractivity contribution in [3.63, 3.8) is 0 Å². The van der Waals surface area contributed by atoms with Gasteiger partial charge in [0.05, 0.1) is 14.1 Å². The van der Waals surface area contributed by atoms with Gasteiger partial charge in [0.1, 0.15) is 0 Å². The molecule has 2 nitrogen and oxygen atoms in total. The molecule has 2 N–H and O–H groups in total. The molecule has 1 aromatic rings. The Balaban J connectivity index is 2.69. The van der Waals surface area contributed by atoms with Gasteiger partial charge < -0.3 is 5.73 Å². The Morgan fingerprint density at radius 3 is 3.00 bits per heavy atom. The first-order valence-electron chi connectivity index (χ1n) is 2.62. The summed E-state index contributed by atoms with van der Waals surface area (Å²) in [6, 6.07) is 0. The SMILES string of the molecule is NCCc1ncsc1I. The van der Waals surface area contributed by atoms with Gasteiger partial charge in [-0.15, -0.1) is 11.3 Å². The number of hydrogen-bond donors (Lipinski definition) is 1. The van der Waals surface area contributed by atoms with Crippen molar-refractivity contribution >= 4 is 33.9 Å². The van der Waals surface area contributed by atoms with E-state index in [0.717, 1.165) is 12.1 Å². The molecule has 1 aromatic heterocycles. The Morgan fingerprint density at radius 2 is 2.56 bits per heavy atom. The zero-order chi connectivity index (χ0) is 6.69. The Hall–Kier alpha value is 0.320. The van der Waals surface area contributed by atoms with Gasteiger partial charge in [-0.2, -0.15) is 0 Å². The number of nitrogens with zero attached hydrogens (tertiary/aromatic N) is 1. The lowest BCUT2D eigenvalue weighted by molar-refractivity contribution is 0.930. The minimum absolute atomic E-state index is 0.694. The van der Waals surface area contributed by atoms with Gasteiger partial charge in [-0.1, -0.05) is 0 Å². The molecule has 0 saturated carbocycles. The summed E-state index contributed by atoms with van der Waals surface area (Å²) in [5.41, 5.74) is 8.35. The van der Waals surface area contributed by atoms with E-state index in [4.69, 9.17) is 5.73 Å². The molecule has 0 saturated heterocycles. The molecule has 0 atom stereocenters. The number of halogens is 1. The highest BCUT2D eigenvalue weighted by molar-refractivity contribution is 14.1. The molecule has 0 aliphatic heterocycles. The molecule has 1 rings (SSSR count). The van der Waals surface area contributed by atoms with Crippen molar-refractivity contribution in [2.24, 2.45) is 5.73 Å². The highest BCUT2D eigenvalue weighted by Gasteiger charge is 1.99. The van der Waals surface area contributed by atoms with E-state index in [0.29, 0.717) is 6.54 Å². The van der Waals surface area contributed by atoms with Crippen LogP contribution in [0.25, 0.3) is 0 Å². The zero-order valence-electron chi connectivity index (χ0n) is 4.80.